The van der Waals surface area contributed by atoms with E-state index in [1.165, 1.54) is 25.3 Å². The van der Waals surface area contributed by atoms with Gasteiger partial charge in [0.2, 0.25) is 0 Å². The predicted molar refractivity (Wildman–Crippen MR) is 54.0 cm³/mol. The van der Waals surface area contributed by atoms with E-state index in [0.717, 1.165) is 0 Å². The van der Waals surface area contributed by atoms with Gasteiger partial charge in [0.05, 0.1) is 12.9 Å². The second-order valence-corrected chi connectivity index (χ2v) is 2.97. The van der Waals surface area contributed by atoms with E-state index in [-0.39, 0.29) is 18.8 Å². The summed E-state index contributed by atoms with van der Waals surface area (Å²) in [4.78, 5) is 21.6. The van der Waals surface area contributed by atoms with Crippen LogP contribution in [0.2, 0.25) is 0 Å². The Morgan fingerprint density at radius 2 is 2.33 bits per heavy atom. The van der Waals surface area contributed by atoms with Gasteiger partial charge < -0.3 is 9.15 Å². The normalized spacial score (nSPS) is 10.5. The third-order valence-corrected chi connectivity index (χ3v) is 1.63. The zero-order valence-electron chi connectivity index (χ0n) is 8.43. The summed E-state index contributed by atoms with van der Waals surface area (Å²) in [6.45, 7) is 1.57. The SMILES string of the molecule is CC(=O)CCOC(=O)/C=C/c1ccco1. The van der Waals surface area contributed by atoms with Gasteiger partial charge in [-0.25, -0.2) is 4.79 Å². The first kappa shape index (κ1) is 11.2. The van der Waals surface area contributed by atoms with E-state index in [1.54, 1.807) is 12.1 Å². The average molecular weight is 208 g/mol. The van der Waals surface area contributed by atoms with E-state index < -0.39 is 5.97 Å². The van der Waals surface area contributed by atoms with Crippen LogP contribution in [0.3, 0.4) is 0 Å². The van der Waals surface area contributed by atoms with Crippen LogP contribution < -0.4 is 0 Å². The Balaban J connectivity index is 2.27. The van der Waals surface area contributed by atoms with Crippen LogP contribution in [0.25, 0.3) is 6.08 Å². The molecule has 0 spiro atoms. The van der Waals surface area contributed by atoms with Crippen LogP contribution in [0.4, 0.5) is 0 Å². The molecule has 0 aliphatic heterocycles. The van der Waals surface area contributed by atoms with Crippen LogP contribution in [0.5, 0.6) is 0 Å². The lowest BCUT2D eigenvalue weighted by Gasteiger charge is -1.97. The van der Waals surface area contributed by atoms with Crippen molar-refractivity contribution in [3.8, 4) is 0 Å². The molecule has 1 aromatic rings. The van der Waals surface area contributed by atoms with Gasteiger partial charge in [-0.3, -0.25) is 4.79 Å². The summed E-state index contributed by atoms with van der Waals surface area (Å²) in [5.41, 5.74) is 0. The van der Waals surface area contributed by atoms with Crippen LogP contribution in [0.15, 0.2) is 28.9 Å². The molecular formula is C11H12O4. The molecule has 80 valence electrons. The highest BCUT2D eigenvalue weighted by Gasteiger charge is 1.99. The number of esters is 1. The molecule has 0 radical (unpaired) electrons. The number of furan rings is 1. The van der Waals surface area contributed by atoms with E-state index in [9.17, 15) is 9.59 Å². The Kier molecular flexibility index (Phi) is 4.34. The zero-order valence-corrected chi connectivity index (χ0v) is 8.43. The fourth-order valence-electron chi connectivity index (χ4n) is 0.880. The second-order valence-electron chi connectivity index (χ2n) is 2.97. The molecule has 1 rings (SSSR count). The highest BCUT2D eigenvalue weighted by molar-refractivity contribution is 5.86. The number of hydrogen-bond donors (Lipinski definition) is 0. The maximum atomic E-state index is 11.1. The van der Waals surface area contributed by atoms with Crippen molar-refractivity contribution in [1.82, 2.24) is 0 Å². The zero-order chi connectivity index (χ0) is 11.1. The highest BCUT2D eigenvalue weighted by atomic mass is 16.5. The van der Waals surface area contributed by atoms with Gasteiger partial charge in [0.15, 0.2) is 0 Å². The molecule has 0 saturated carbocycles. The molecular weight excluding hydrogens is 196 g/mol. The molecule has 0 N–H and O–H groups in total. The van der Waals surface area contributed by atoms with Crippen molar-refractivity contribution in [3.05, 3.63) is 30.2 Å². The molecule has 1 heterocycles. The molecule has 0 aromatic carbocycles. The molecule has 0 aliphatic rings. The van der Waals surface area contributed by atoms with Crippen molar-refractivity contribution in [2.75, 3.05) is 6.61 Å². The molecule has 15 heavy (non-hydrogen) atoms. The molecule has 0 saturated heterocycles. The molecule has 1 aromatic heterocycles. The van der Waals surface area contributed by atoms with Crippen LogP contribution >= 0.6 is 0 Å². The van der Waals surface area contributed by atoms with Crippen LogP contribution in [-0.4, -0.2) is 18.4 Å². The van der Waals surface area contributed by atoms with Gasteiger partial charge in [-0.2, -0.15) is 0 Å². The first-order chi connectivity index (χ1) is 7.18. The van der Waals surface area contributed by atoms with Crippen molar-refractivity contribution in [2.24, 2.45) is 0 Å². The number of hydrogen-bond acceptors (Lipinski definition) is 4. The molecule has 4 nitrogen and oxygen atoms in total. The maximum absolute atomic E-state index is 11.1. The fraction of sp³-hybridized carbons (Fsp3) is 0.273. The average Bonchev–Trinajstić information content (AvgIpc) is 2.66. The smallest absolute Gasteiger partial charge is 0.330 e. The fourth-order valence-corrected chi connectivity index (χ4v) is 0.880. The Hall–Kier alpha value is -1.84. The number of carbonyl (C=O) groups excluding carboxylic acids is 2. The highest BCUT2D eigenvalue weighted by Crippen LogP contribution is 2.02. The van der Waals surface area contributed by atoms with Gasteiger partial charge in [-0.05, 0) is 25.1 Å². The summed E-state index contributed by atoms with van der Waals surface area (Å²) in [5, 5.41) is 0. The van der Waals surface area contributed by atoms with Gasteiger partial charge in [0, 0.05) is 12.5 Å². The number of rotatable bonds is 5. The molecule has 0 unspecified atom stereocenters. The molecule has 0 amide bonds. The summed E-state index contributed by atoms with van der Waals surface area (Å²) >= 11 is 0. The number of ether oxygens (including phenoxy) is 1. The Morgan fingerprint density at radius 1 is 1.53 bits per heavy atom. The topological polar surface area (TPSA) is 56.5 Å². The van der Waals surface area contributed by atoms with Gasteiger partial charge in [-0.1, -0.05) is 0 Å². The summed E-state index contributed by atoms with van der Waals surface area (Å²) in [7, 11) is 0. The van der Waals surface area contributed by atoms with Gasteiger partial charge in [-0.15, -0.1) is 0 Å². The van der Waals surface area contributed by atoms with E-state index in [0.29, 0.717) is 5.76 Å². The summed E-state index contributed by atoms with van der Waals surface area (Å²) in [5.74, 6) is 0.101. The lowest BCUT2D eigenvalue weighted by atomic mass is 10.3. The Morgan fingerprint density at radius 3 is 2.93 bits per heavy atom. The minimum Gasteiger partial charge on any atom is -0.465 e. The van der Waals surface area contributed by atoms with Gasteiger partial charge >= 0.3 is 5.97 Å². The number of ketones is 1. The predicted octanol–water partition coefficient (Wildman–Crippen LogP) is 1.82. The molecule has 0 aliphatic carbocycles. The molecule has 0 bridgehead atoms. The first-order valence-corrected chi connectivity index (χ1v) is 4.56. The lowest BCUT2D eigenvalue weighted by molar-refractivity contribution is -0.138. The van der Waals surface area contributed by atoms with Crippen LogP contribution in [-0.2, 0) is 14.3 Å². The largest absolute Gasteiger partial charge is 0.465 e. The summed E-state index contributed by atoms with van der Waals surface area (Å²) < 4.78 is 9.74. The van der Waals surface area contributed by atoms with Gasteiger partial charge in [0.25, 0.3) is 0 Å². The van der Waals surface area contributed by atoms with Crippen molar-refractivity contribution >= 4 is 17.8 Å². The minimum atomic E-state index is -0.479. The van der Waals surface area contributed by atoms with Crippen molar-refractivity contribution in [2.45, 2.75) is 13.3 Å². The van der Waals surface area contributed by atoms with Crippen molar-refractivity contribution < 1.29 is 18.7 Å². The maximum Gasteiger partial charge on any atom is 0.330 e. The third kappa shape index (κ3) is 4.81. The lowest BCUT2D eigenvalue weighted by Crippen LogP contribution is -2.05. The summed E-state index contributed by atoms with van der Waals surface area (Å²) in [6, 6.07) is 3.44. The van der Waals surface area contributed by atoms with Crippen molar-refractivity contribution in [3.63, 3.8) is 0 Å². The van der Waals surface area contributed by atoms with Crippen LogP contribution in [0, 0.1) is 0 Å². The van der Waals surface area contributed by atoms with E-state index >= 15 is 0 Å². The first-order valence-electron chi connectivity index (χ1n) is 4.56. The minimum absolute atomic E-state index is 0.00202. The van der Waals surface area contributed by atoms with Crippen molar-refractivity contribution in [1.29, 1.82) is 0 Å². The van der Waals surface area contributed by atoms with Gasteiger partial charge in [0.1, 0.15) is 11.5 Å². The van der Waals surface area contributed by atoms with E-state index in [2.05, 4.69) is 0 Å². The quantitative estimate of drug-likeness (QED) is 0.547. The molecule has 0 fully saturated rings. The summed E-state index contributed by atoms with van der Waals surface area (Å²) in [6.07, 6.45) is 4.54. The van der Waals surface area contributed by atoms with E-state index in [1.807, 2.05) is 0 Å². The third-order valence-electron chi connectivity index (χ3n) is 1.63. The molecule has 4 heteroatoms. The second kappa shape index (κ2) is 5.80. The molecule has 0 atom stereocenters. The van der Waals surface area contributed by atoms with E-state index in [4.69, 9.17) is 9.15 Å². The standard InChI is InChI=1S/C11H12O4/c1-9(12)6-8-15-11(13)5-4-10-3-2-7-14-10/h2-5,7H,6,8H2,1H3/b5-4+. The number of carbonyl (C=O) groups is 2. The monoisotopic (exact) mass is 208 g/mol. The Labute approximate surface area is 87.5 Å². The number of Topliss-reactive ketones (excluding diaryl/α,β-unsaturated/α-hetero) is 1. The van der Waals surface area contributed by atoms with Crippen LogP contribution in [0.1, 0.15) is 19.1 Å². The Bertz CT molecular complexity index is 349.